The number of nitrogens with one attached hydrogen (secondary N) is 1. The van der Waals surface area contributed by atoms with Crippen LogP contribution in [-0.4, -0.2) is 34.2 Å². The highest BCUT2D eigenvalue weighted by atomic mass is 35.5. The number of nitrogens with zero attached hydrogens (tertiary/aromatic N) is 1. The maximum Gasteiger partial charge on any atom is 0.423 e. The molecule has 0 spiro atoms. The van der Waals surface area contributed by atoms with Crippen LogP contribution < -0.4 is 5.43 Å². The number of hydrogen-bond donors (Lipinski definition) is 3. The van der Waals surface area contributed by atoms with E-state index in [2.05, 4.69) is 10.5 Å². The van der Waals surface area contributed by atoms with Crippen molar-refractivity contribution < 1.29 is 28.2 Å². The second-order valence-corrected chi connectivity index (χ2v) is 4.70. The minimum Gasteiger partial charge on any atom is -0.481 e. The lowest BCUT2D eigenvalue weighted by Gasteiger charge is -2.29. The van der Waals surface area contributed by atoms with Gasteiger partial charge in [0, 0.05) is 5.02 Å². The van der Waals surface area contributed by atoms with Crippen LogP contribution in [0.15, 0.2) is 29.4 Å². The summed E-state index contributed by atoms with van der Waals surface area (Å²) >= 11 is 5.63. The van der Waals surface area contributed by atoms with Gasteiger partial charge in [-0.05, 0) is 31.2 Å². The Labute approximate surface area is 123 Å². The maximum atomic E-state index is 12.8. The zero-order chi connectivity index (χ0) is 16.3. The predicted octanol–water partition coefficient (Wildman–Crippen LogP) is 2.75. The molecular weight excluding hydrogens is 313 g/mol. The van der Waals surface area contributed by atoms with Crippen LogP contribution >= 0.6 is 11.6 Å². The number of aliphatic carboxylic acids is 1. The fraction of sp³-hybridized carbons (Fsp3) is 0.333. The van der Waals surface area contributed by atoms with Crippen molar-refractivity contribution in [3.63, 3.8) is 0 Å². The van der Waals surface area contributed by atoms with Gasteiger partial charge >= 0.3 is 12.1 Å². The van der Waals surface area contributed by atoms with Crippen LogP contribution in [0.1, 0.15) is 6.92 Å². The second-order valence-electron chi connectivity index (χ2n) is 4.26. The van der Waals surface area contributed by atoms with Crippen molar-refractivity contribution in [1.82, 2.24) is 0 Å². The molecule has 116 valence electrons. The number of halogens is 4. The predicted molar refractivity (Wildman–Crippen MR) is 71.4 cm³/mol. The molecule has 0 aliphatic rings. The first-order valence-electron chi connectivity index (χ1n) is 5.65. The van der Waals surface area contributed by atoms with E-state index < -0.39 is 23.7 Å². The van der Waals surface area contributed by atoms with Crippen molar-refractivity contribution in [2.45, 2.75) is 18.7 Å². The van der Waals surface area contributed by atoms with E-state index in [-0.39, 0.29) is 6.21 Å². The molecular formula is C12H12ClF3N2O3. The standard InChI is InChI=1S/C12H12ClF3N2O3/c1-7(10(19)20)11(21,12(14,15)16)6-17-18-9-4-2-8(13)3-5-9/h2-7,18,21H,1H3,(H,19,20)/b17-6-. The third-order valence-corrected chi connectivity index (χ3v) is 3.04. The van der Waals surface area contributed by atoms with Crippen molar-refractivity contribution in [3.05, 3.63) is 29.3 Å². The number of carboxylic acid groups (broad SMARTS) is 1. The van der Waals surface area contributed by atoms with Crippen LogP contribution in [0.3, 0.4) is 0 Å². The third kappa shape index (κ3) is 4.08. The van der Waals surface area contributed by atoms with Gasteiger partial charge in [-0.25, -0.2) is 0 Å². The van der Waals surface area contributed by atoms with Gasteiger partial charge in [-0.2, -0.15) is 18.3 Å². The molecule has 2 atom stereocenters. The van der Waals surface area contributed by atoms with Crippen LogP contribution in [0.4, 0.5) is 18.9 Å². The summed E-state index contributed by atoms with van der Waals surface area (Å²) in [6, 6.07) is 5.87. The molecule has 2 unspecified atom stereocenters. The first kappa shape index (κ1) is 17.3. The van der Waals surface area contributed by atoms with Crippen LogP contribution in [0.25, 0.3) is 0 Å². The SMILES string of the molecule is CC(C(=O)O)C(O)(/C=N\Nc1ccc(Cl)cc1)C(F)(F)F. The number of hydrazone groups is 1. The van der Waals surface area contributed by atoms with E-state index in [0.717, 1.165) is 6.92 Å². The van der Waals surface area contributed by atoms with Crippen molar-refractivity contribution in [1.29, 1.82) is 0 Å². The molecule has 3 N–H and O–H groups in total. The van der Waals surface area contributed by atoms with Crippen LogP contribution in [0.2, 0.25) is 5.02 Å². The van der Waals surface area contributed by atoms with Gasteiger partial charge in [0.2, 0.25) is 5.60 Å². The minimum absolute atomic E-state index is 0.125. The second kappa shape index (κ2) is 6.31. The highest BCUT2D eigenvalue weighted by Crippen LogP contribution is 2.35. The van der Waals surface area contributed by atoms with E-state index in [1.807, 2.05) is 0 Å². The lowest BCUT2D eigenvalue weighted by Crippen LogP contribution is -2.54. The van der Waals surface area contributed by atoms with Crippen molar-refractivity contribution in [3.8, 4) is 0 Å². The minimum atomic E-state index is -5.18. The molecule has 0 saturated carbocycles. The zero-order valence-corrected chi connectivity index (χ0v) is 11.5. The van der Waals surface area contributed by atoms with Crippen LogP contribution in [0.5, 0.6) is 0 Å². The van der Waals surface area contributed by atoms with E-state index in [0.29, 0.717) is 10.7 Å². The summed E-state index contributed by atoms with van der Waals surface area (Å²) in [5.74, 6) is -3.92. The Morgan fingerprint density at radius 2 is 1.90 bits per heavy atom. The quantitative estimate of drug-likeness (QED) is 0.574. The van der Waals surface area contributed by atoms with Crippen molar-refractivity contribution >= 4 is 29.5 Å². The fourth-order valence-corrected chi connectivity index (χ4v) is 1.47. The Morgan fingerprint density at radius 3 is 2.33 bits per heavy atom. The molecule has 0 fully saturated rings. The number of alkyl halides is 3. The number of benzene rings is 1. The molecule has 0 aliphatic heterocycles. The number of carboxylic acids is 1. The molecule has 0 heterocycles. The molecule has 21 heavy (non-hydrogen) atoms. The number of anilines is 1. The molecule has 5 nitrogen and oxygen atoms in total. The van der Waals surface area contributed by atoms with Crippen molar-refractivity contribution in [2.24, 2.45) is 11.0 Å². The highest BCUT2D eigenvalue weighted by molar-refractivity contribution is 6.30. The van der Waals surface area contributed by atoms with E-state index in [9.17, 15) is 23.1 Å². The summed E-state index contributed by atoms with van der Waals surface area (Å²) in [6.07, 6.45) is -5.06. The Bertz CT molecular complexity index is 534. The summed E-state index contributed by atoms with van der Waals surface area (Å²) in [4.78, 5) is 10.7. The monoisotopic (exact) mass is 324 g/mol. The van der Waals surface area contributed by atoms with Crippen LogP contribution in [0, 0.1) is 5.92 Å². The molecule has 9 heteroatoms. The lowest BCUT2D eigenvalue weighted by atomic mass is 9.89. The number of carbonyl (C=O) groups is 1. The smallest absolute Gasteiger partial charge is 0.423 e. The molecule has 0 bridgehead atoms. The fourth-order valence-electron chi connectivity index (χ4n) is 1.35. The summed E-state index contributed by atoms with van der Waals surface area (Å²) < 4.78 is 38.5. The molecule has 1 aromatic rings. The van der Waals surface area contributed by atoms with Gasteiger partial charge in [-0.1, -0.05) is 11.6 Å². The molecule has 0 aliphatic carbocycles. The molecule has 0 aromatic heterocycles. The Hall–Kier alpha value is -1.80. The summed E-state index contributed by atoms with van der Waals surface area (Å²) in [6.45, 7) is 0.740. The van der Waals surface area contributed by atoms with Gasteiger partial charge < -0.3 is 10.2 Å². The van der Waals surface area contributed by atoms with E-state index in [1.54, 1.807) is 0 Å². The van der Waals surface area contributed by atoms with Gasteiger partial charge in [-0.15, -0.1) is 0 Å². The van der Waals surface area contributed by atoms with Gasteiger partial charge in [0.25, 0.3) is 0 Å². The van der Waals surface area contributed by atoms with Gasteiger partial charge in [0.05, 0.1) is 17.8 Å². The molecule has 1 rings (SSSR count). The average Bonchev–Trinajstić information content (AvgIpc) is 2.38. The molecule has 0 radical (unpaired) electrons. The summed E-state index contributed by atoms with van der Waals surface area (Å²) in [7, 11) is 0. The summed E-state index contributed by atoms with van der Waals surface area (Å²) in [5.41, 5.74) is -1.01. The topological polar surface area (TPSA) is 81.9 Å². The third-order valence-electron chi connectivity index (χ3n) is 2.78. The number of rotatable bonds is 5. The highest BCUT2D eigenvalue weighted by Gasteiger charge is 2.58. The number of aliphatic hydroxyl groups is 1. The molecule has 0 saturated heterocycles. The first-order valence-corrected chi connectivity index (χ1v) is 6.03. The van der Waals surface area contributed by atoms with E-state index in [1.165, 1.54) is 24.3 Å². The lowest BCUT2D eigenvalue weighted by molar-refractivity contribution is -0.245. The zero-order valence-electron chi connectivity index (χ0n) is 10.7. The molecule has 1 aromatic carbocycles. The van der Waals surface area contributed by atoms with Gasteiger partial charge in [0.1, 0.15) is 0 Å². The van der Waals surface area contributed by atoms with E-state index >= 15 is 0 Å². The first-order chi connectivity index (χ1) is 9.58. The van der Waals surface area contributed by atoms with E-state index in [4.69, 9.17) is 16.7 Å². The number of hydrogen-bond acceptors (Lipinski definition) is 4. The normalized spacial score (nSPS) is 16.5. The largest absolute Gasteiger partial charge is 0.481 e. The van der Waals surface area contributed by atoms with Crippen molar-refractivity contribution in [2.75, 3.05) is 5.43 Å². The Morgan fingerprint density at radius 1 is 1.38 bits per heavy atom. The summed E-state index contributed by atoms with van der Waals surface area (Å²) in [5, 5.41) is 22.0. The van der Waals surface area contributed by atoms with Crippen LogP contribution in [-0.2, 0) is 4.79 Å². The average molecular weight is 325 g/mol. The van der Waals surface area contributed by atoms with Gasteiger partial charge in [-0.3, -0.25) is 10.2 Å². The maximum absolute atomic E-state index is 12.8. The Balaban J connectivity index is 2.94. The van der Waals surface area contributed by atoms with Gasteiger partial charge in [0.15, 0.2) is 0 Å². The molecule has 0 amide bonds. The Kier molecular flexibility index (Phi) is 5.19.